The molecule has 0 radical (unpaired) electrons. The van der Waals surface area contributed by atoms with Gasteiger partial charge in [0.15, 0.2) is 0 Å². The number of hydrogen-bond donors (Lipinski definition) is 1. The fourth-order valence-electron chi connectivity index (χ4n) is 3.04. The maximum absolute atomic E-state index is 12.8. The highest BCUT2D eigenvalue weighted by molar-refractivity contribution is 8.14. The first kappa shape index (κ1) is 15.9. The topological polar surface area (TPSA) is 75.7 Å². The van der Waals surface area contributed by atoms with Crippen molar-refractivity contribution in [3.63, 3.8) is 0 Å². The molecule has 2 aliphatic heterocycles. The van der Waals surface area contributed by atoms with E-state index in [0.717, 1.165) is 11.1 Å². The maximum Gasteiger partial charge on any atom is 0.410 e. The molecule has 1 aromatic carbocycles. The third-order valence-electron chi connectivity index (χ3n) is 4.19. The molecule has 0 saturated carbocycles. The summed E-state index contributed by atoms with van der Waals surface area (Å²) < 4.78 is 4.81. The van der Waals surface area contributed by atoms with Crippen LogP contribution >= 0.6 is 11.8 Å². The third-order valence-corrected chi connectivity index (χ3v) is 5.20. The monoisotopic (exact) mass is 334 g/mol. The summed E-state index contributed by atoms with van der Waals surface area (Å²) in [6.45, 7) is 0.412. The number of nitrogens with one attached hydrogen (secondary N) is 1. The van der Waals surface area contributed by atoms with E-state index in [-0.39, 0.29) is 11.0 Å². The molecule has 23 heavy (non-hydrogen) atoms. The van der Waals surface area contributed by atoms with E-state index >= 15 is 0 Å². The highest BCUT2D eigenvalue weighted by Crippen LogP contribution is 2.31. The second kappa shape index (κ2) is 6.62. The summed E-state index contributed by atoms with van der Waals surface area (Å²) in [7, 11) is 1.30. The van der Waals surface area contributed by atoms with Gasteiger partial charge in [0, 0.05) is 12.3 Å². The molecule has 2 amide bonds. The van der Waals surface area contributed by atoms with Crippen LogP contribution in [0.1, 0.15) is 23.6 Å². The van der Waals surface area contributed by atoms with Gasteiger partial charge in [0.05, 0.1) is 13.2 Å². The number of amides is 2. The average Bonchev–Trinajstić information content (AvgIpc) is 2.97. The van der Waals surface area contributed by atoms with Crippen molar-refractivity contribution >= 4 is 28.9 Å². The fraction of sp³-hybridized carbons (Fsp3) is 0.438. The lowest BCUT2D eigenvalue weighted by molar-refractivity contribution is -0.129. The van der Waals surface area contributed by atoms with Gasteiger partial charge in [-0.1, -0.05) is 36.0 Å². The molecule has 2 atom stereocenters. The second-order valence-electron chi connectivity index (χ2n) is 5.53. The van der Waals surface area contributed by atoms with E-state index in [4.69, 9.17) is 4.74 Å². The van der Waals surface area contributed by atoms with Crippen molar-refractivity contribution in [1.82, 2.24) is 10.2 Å². The number of rotatable bonds is 2. The molecule has 3 rings (SSSR count). The fourth-order valence-corrected chi connectivity index (χ4v) is 3.97. The van der Waals surface area contributed by atoms with Gasteiger partial charge in [-0.3, -0.25) is 14.5 Å². The Morgan fingerprint density at radius 2 is 2.13 bits per heavy atom. The van der Waals surface area contributed by atoms with Crippen LogP contribution in [0.4, 0.5) is 4.79 Å². The Kier molecular flexibility index (Phi) is 4.56. The molecule has 1 aromatic rings. The molecular weight excluding hydrogens is 316 g/mol. The standard InChI is InChI=1S/C16H18N2O4S/c1-22-16(21)18-8-6-10-4-2-3-5-11(10)13(18)14(19)17-12-7-9-23-15(12)20/h2-5,12-13H,6-9H2,1H3,(H,17,19)/t12-,13-/m1/s1. The van der Waals surface area contributed by atoms with Gasteiger partial charge >= 0.3 is 6.09 Å². The summed E-state index contributed by atoms with van der Waals surface area (Å²) >= 11 is 1.23. The summed E-state index contributed by atoms with van der Waals surface area (Å²) in [5, 5.41) is 2.77. The van der Waals surface area contributed by atoms with E-state index in [0.29, 0.717) is 25.1 Å². The molecule has 0 bridgehead atoms. The molecule has 0 spiro atoms. The number of methoxy groups -OCH3 is 1. The number of carbonyl (C=O) groups is 3. The minimum Gasteiger partial charge on any atom is -0.453 e. The SMILES string of the molecule is COC(=O)N1CCc2ccccc2[C@@H]1C(=O)N[C@@H]1CCSC1=O. The van der Waals surface area contributed by atoms with Crippen LogP contribution in [-0.4, -0.2) is 47.5 Å². The molecule has 0 unspecified atom stereocenters. The van der Waals surface area contributed by atoms with Crippen molar-refractivity contribution < 1.29 is 19.1 Å². The van der Waals surface area contributed by atoms with Crippen molar-refractivity contribution in [2.24, 2.45) is 0 Å². The largest absolute Gasteiger partial charge is 0.453 e. The van der Waals surface area contributed by atoms with E-state index in [1.807, 2.05) is 24.3 Å². The average molecular weight is 334 g/mol. The molecule has 2 aliphatic rings. The number of fused-ring (bicyclic) bond motifs is 1. The first-order valence-corrected chi connectivity index (χ1v) is 8.50. The van der Waals surface area contributed by atoms with E-state index in [9.17, 15) is 14.4 Å². The minimum absolute atomic E-state index is 0.0212. The zero-order valence-corrected chi connectivity index (χ0v) is 13.6. The van der Waals surface area contributed by atoms with Gasteiger partial charge in [-0.15, -0.1) is 0 Å². The smallest absolute Gasteiger partial charge is 0.410 e. The van der Waals surface area contributed by atoms with Crippen molar-refractivity contribution in [2.45, 2.75) is 24.9 Å². The first-order valence-electron chi connectivity index (χ1n) is 7.51. The van der Waals surface area contributed by atoms with E-state index < -0.39 is 18.2 Å². The summed E-state index contributed by atoms with van der Waals surface area (Å²) in [5.74, 6) is 0.384. The predicted molar refractivity (Wildman–Crippen MR) is 86.0 cm³/mol. The lowest BCUT2D eigenvalue weighted by Gasteiger charge is -2.35. The Bertz CT molecular complexity index is 649. The molecule has 6 nitrogen and oxygen atoms in total. The number of carbonyl (C=O) groups excluding carboxylic acids is 3. The number of benzene rings is 1. The van der Waals surface area contributed by atoms with Gasteiger partial charge < -0.3 is 10.1 Å². The van der Waals surface area contributed by atoms with Crippen LogP contribution in [0.15, 0.2) is 24.3 Å². The quantitative estimate of drug-likeness (QED) is 0.887. The van der Waals surface area contributed by atoms with Crippen LogP contribution in [0.5, 0.6) is 0 Å². The Hall–Kier alpha value is -2.02. The molecule has 122 valence electrons. The zero-order valence-electron chi connectivity index (χ0n) is 12.8. The molecule has 0 aliphatic carbocycles. The molecule has 1 saturated heterocycles. The van der Waals surface area contributed by atoms with Gasteiger partial charge in [-0.2, -0.15) is 0 Å². The van der Waals surface area contributed by atoms with Crippen molar-refractivity contribution in [2.75, 3.05) is 19.4 Å². The van der Waals surface area contributed by atoms with Crippen molar-refractivity contribution in [3.05, 3.63) is 35.4 Å². The highest BCUT2D eigenvalue weighted by atomic mass is 32.2. The van der Waals surface area contributed by atoms with E-state index in [1.165, 1.54) is 23.8 Å². The van der Waals surface area contributed by atoms with Crippen LogP contribution in [0.3, 0.4) is 0 Å². The number of nitrogens with zero attached hydrogens (tertiary/aromatic N) is 1. The summed E-state index contributed by atoms with van der Waals surface area (Å²) in [5.41, 5.74) is 1.83. The zero-order chi connectivity index (χ0) is 16.4. The van der Waals surface area contributed by atoms with Gasteiger partial charge in [0.1, 0.15) is 6.04 Å². The normalized spacial score (nSPS) is 23.3. The third kappa shape index (κ3) is 3.06. The van der Waals surface area contributed by atoms with Gasteiger partial charge in [0.2, 0.25) is 11.0 Å². The Morgan fingerprint density at radius 1 is 1.35 bits per heavy atom. The van der Waals surface area contributed by atoms with Crippen LogP contribution in [-0.2, 0) is 20.7 Å². The lowest BCUT2D eigenvalue weighted by atomic mass is 9.92. The van der Waals surface area contributed by atoms with Crippen LogP contribution in [0, 0.1) is 0 Å². The van der Waals surface area contributed by atoms with Gasteiger partial charge in [-0.25, -0.2) is 4.79 Å². The molecule has 2 heterocycles. The van der Waals surface area contributed by atoms with Gasteiger partial charge in [-0.05, 0) is 24.0 Å². The predicted octanol–water partition coefficient (Wildman–Crippen LogP) is 1.50. The molecular formula is C16H18N2O4S. The molecule has 1 fully saturated rings. The summed E-state index contributed by atoms with van der Waals surface area (Å²) in [6.07, 6.45) is 0.765. The Morgan fingerprint density at radius 3 is 2.83 bits per heavy atom. The number of thioether (sulfide) groups is 1. The molecule has 0 aromatic heterocycles. The first-order chi connectivity index (χ1) is 11.1. The summed E-state index contributed by atoms with van der Waals surface area (Å²) in [6, 6.07) is 6.34. The van der Waals surface area contributed by atoms with Crippen LogP contribution < -0.4 is 5.32 Å². The van der Waals surface area contributed by atoms with Crippen LogP contribution in [0.2, 0.25) is 0 Å². The van der Waals surface area contributed by atoms with Crippen molar-refractivity contribution in [1.29, 1.82) is 0 Å². The van der Waals surface area contributed by atoms with Crippen LogP contribution in [0.25, 0.3) is 0 Å². The Labute approximate surface area is 138 Å². The molecule has 1 N–H and O–H groups in total. The lowest BCUT2D eigenvalue weighted by Crippen LogP contribution is -2.50. The van der Waals surface area contributed by atoms with E-state index in [2.05, 4.69) is 5.32 Å². The summed E-state index contributed by atoms with van der Waals surface area (Å²) in [4.78, 5) is 38.0. The Balaban J connectivity index is 1.89. The maximum atomic E-state index is 12.8. The number of ether oxygens (including phenoxy) is 1. The van der Waals surface area contributed by atoms with Crippen molar-refractivity contribution in [3.8, 4) is 0 Å². The minimum atomic E-state index is -0.759. The second-order valence-corrected chi connectivity index (χ2v) is 6.63. The number of hydrogen-bond acceptors (Lipinski definition) is 5. The molecule has 7 heteroatoms. The van der Waals surface area contributed by atoms with Gasteiger partial charge in [0.25, 0.3) is 0 Å². The highest BCUT2D eigenvalue weighted by Gasteiger charge is 2.38. The van der Waals surface area contributed by atoms with E-state index in [1.54, 1.807) is 0 Å².